The van der Waals surface area contributed by atoms with Crippen molar-refractivity contribution >= 4 is 11.7 Å². The molecular formula is C16H24N4O2. The van der Waals surface area contributed by atoms with Crippen molar-refractivity contribution in [3.8, 4) is 0 Å². The Balaban J connectivity index is 2.14. The van der Waals surface area contributed by atoms with Crippen molar-refractivity contribution in [1.29, 1.82) is 0 Å². The Morgan fingerprint density at radius 3 is 2.64 bits per heavy atom. The molecule has 0 saturated carbocycles. The van der Waals surface area contributed by atoms with Crippen LogP contribution in [0.3, 0.4) is 0 Å². The standard InChI is InChI=1S/C16H24N4O2/c1-5-16(6-2,14(21)22)10-17-8-13-9-18-15-19-11(3)7-12(4)20(13)15/h7,9,17H,5-6,8,10H2,1-4H3,(H,21,22). The minimum absolute atomic E-state index is 0.445. The number of hydrogen-bond acceptors (Lipinski definition) is 4. The van der Waals surface area contributed by atoms with E-state index in [2.05, 4.69) is 15.3 Å². The number of nitrogens with one attached hydrogen (secondary N) is 1. The highest BCUT2D eigenvalue weighted by Gasteiger charge is 2.34. The van der Waals surface area contributed by atoms with Crippen LogP contribution in [0.15, 0.2) is 12.3 Å². The highest BCUT2D eigenvalue weighted by atomic mass is 16.4. The van der Waals surface area contributed by atoms with E-state index < -0.39 is 11.4 Å². The summed E-state index contributed by atoms with van der Waals surface area (Å²) in [5.41, 5.74) is 2.31. The molecule has 0 bridgehead atoms. The van der Waals surface area contributed by atoms with Crippen LogP contribution in [0.5, 0.6) is 0 Å². The van der Waals surface area contributed by atoms with Gasteiger partial charge in [-0.15, -0.1) is 0 Å². The molecular weight excluding hydrogens is 280 g/mol. The minimum Gasteiger partial charge on any atom is -0.481 e. The third-order valence-electron chi connectivity index (χ3n) is 4.44. The fourth-order valence-corrected chi connectivity index (χ4v) is 2.83. The van der Waals surface area contributed by atoms with Gasteiger partial charge in [0.1, 0.15) is 0 Å². The molecule has 2 aromatic rings. The molecule has 2 N–H and O–H groups in total. The van der Waals surface area contributed by atoms with Crippen LogP contribution in [-0.4, -0.2) is 32.0 Å². The van der Waals surface area contributed by atoms with Gasteiger partial charge >= 0.3 is 5.97 Å². The Morgan fingerprint density at radius 2 is 2.05 bits per heavy atom. The van der Waals surface area contributed by atoms with Gasteiger partial charge in [0.15, 0.2) is 0 Å². The summed E-state index contributed by atoms with van der Waals surface area (Å²) in [7, 11) is 0. The fraction of sp³-hybridized carbons (Fsp3) is 0.562. The summed E-state index contributed by atoms with van der Waals surface area (Å²) in [4.78, 5) is 20.2. The number of imidazole rings is 1. The van der Waals surface area contributed by atoms with Crippen LogP contribution in [-0.2, 0) is 11.3 Å². The normalized spacial score (nSPS) is 12.0. The summed E-state index contributed by atoms with van der Waals surface area (Å²) in [6, 6.07) is 2.01. The van der Waals surface area contributed by atoms with Gasteiger partial charge in [0.2, 0.25) is 5.78 Å². The molecule has 22 heavy (non-hydrogen) atoms. The van der Waals surface area contributed by atoms with Crippen molar-refractivity contribution in [2.24, 2.45) is 5.41 Å². The quantitative estimate of drug-likeness (QED) is 0.820. The van der Waals surface area contributed by atoms with Gasteiger partial charge in [-0.2, -0.15) is 0 Å². The maximum Gasteiger partial charge on any atom is 0.310 e. The molecule has 120 valence electrons. The van der Waals surface area contributed by atoms with Crippen molar-refractivity contribution in [2.45, 2.75) is 47.1 Å². The van der Waals surface area contributed by atoms with Crippen LogP contribution in [0, 0.1) is 19.3 Å². The minimum atomic E-state index is -0.739. The molecule has 0 fully saturated rings. The zero-order valence-electron chi connectivity index (χ0n) is 13.7. The first-order chi connectivity index (χ1) is 10.4. The van der Waals surface area contributed by atoms with Crippen LogP contribution in [0.25, 0.3) is 5.78 Å². The Bertz CT molecular complexity index is 674. The molecule has 2 aromatic heterocycles. The lowest BCUT2D eigenvalue weighted by Crippen LogP contribution is -2.40. The number of fused-ring (bicyclic) bond motifs is 1. The Hall–Kier alpha value is -1.95. The molecule has 2 heterocycles. The Labute approximate surface area is 130 Å². The first-order valence-electron chi connectivity index (χ1n) is 7.68. The molecule has 6 nitrogen and oxygen atoms in total. The van der Waals surface area contributed by atoms with E-state index in [9.17, 15) is 9.90 Å². The molecule has 0 aliphatic carbocycles. The third kappa shape index (κ3) is 2.97. The van der Waals surface area contributed by atoms with Gasteiger partial charge in [-0.1, -0.05) is 13.8 Å². The second kappa shape index (κ2) is 6.44. The third-order valence-corrected chi connectivity index (χ3v) is 4.44. The van der Waals surface area contributed by atoms with Gasteiger partial charge in [0.05, 0.1) is 17.3 Å². The lowest BCUT2D eigenvalue weighted by molar-refractivity contribution is -0.149. The smallest absolute Gasteiger partial charge is 0.310 e. The monoisotopic (exact) mass is 304 g/mol. The number of rotatable bonds is 7. The largest absolute Gasteiger partial charge is 0.481 e. The summed E-state index contributed by atoms with van der Waals surface area (Å²) >= 11 is 0. The molecule has 0 amide bonds. The molecule has 6 heteroatoms. The molecule has 0 saturated heterocycles. The summed E-state index contributed by atoms with van der Waals surface area (Å²) in [6.07, 6.45) is 3.01. The van der Waals surface area contributed by atoms with Crippen LogP contribution in [0.1, 0.15) is 43.8 Å². The van der Waals surface area contributed by atoms with Gasteiger partial charge in [-0.25, -0.2) is 9.97 Å². The SMILES string of the molecule is CCC(CC)(CNCc1cnc2nc(C)cc(C)n12)C(=O)O. The van der Waals surface area contributed by atoms with Gasteiger partial charge in [0.25, 0.3) is 0 Å². The number of carbonyl (C=O) groups is 1. The molecule has 0 unspecified atom stereocenters. The second-order valence-corrected chi connectivity index (χ2v) is 5.82. The Morgan fingerprint density at radius 1 is 1.36 bits per heavy atom. The van der Waals surface area contributed by atoms with Crippen LogP contribution >= 0.6 is 0 Å². The summed E-state index contributed by atoms with van der Waals surface area (Å²) in [5.74, 6) is -0.0543. The van der Waals surface area contributed by atoms with Crippen LogP contribution in [0.2, 0.25) is 0 Å². The van der Waals surface area contributed by atoms with Crippen LogP contribution in [0.4, 0.5) is 0 Å². The van der Waals surface area contributed by atoms with E-state index in [1.165, 1.54) is 0 Å². The maximum atomic E-state index is 11.5. The first-order valence-corrected chi connectivity index (χ1v) is 7.68. The van der Waals surface area contributed by atoms with E-state index in [1.54, 1.807) is 6.20 Å². The van der Waals surface area contributed by atoms with Crippen molar-refractivity contribution in [3.63, 3.8) is 0 Å². The predicted octanol–water partition coefficient (Wildman–Crippen LogP) is 2.33. The van der Waals surface area contributed by atoms with Gasteiger partial charge in [-0.3, -0.25) is 9.20 Å². The topological polar surface area (TPSA) is 79.5 Å². The molecule has 0 radical (unpaired) electrons. The molecule has 0 atom stereocenters. The van der Waals surface area contributed by atoms with Crippen molar-refractivity contribution in [1.82, 2.24) is 19.7 Å². The fourth-order valence-electron chi connectivity index (χ4n) is 2.83. The number of hydrogen-bond donors (Lipinski definition) is 2. The number of aromatic nitrogens is 3. The lowest BCUT2D eigenvalue weighted by Gasteiger charge is -2.26. The van der Waals surface area contributed by atoms with E-state index in [0.717, 1.165) is 17.1 Å². The summed E-state index contributed by atoms with van der Waals surface area (Å²) < 4.78 is 2.00. The maximum absolute atomic E-state index is 11.5. The number of carboxylic acid groups (broad SMARTS) is 1. The Kier molecular flexibility index (Phi) is 4.81. The average Bonchev–Trinajstić information content (AvgIpc) is 2.86. The highest BCUT2D eigenvalue weighted by molar-refractivity contribution is 5.74. The predicted molar refractivity (Wildman–Crippen MR) is 84.8 cm³/mol. The average molecular weight is 304 g/mol. The van der Waals surface area contributed by atoms with Gasteiger partial charge in [-0.05, 0) is 32.8 Å². The molecule has 0 aliphatic heterocycles. The van der Waals surface area contributed by atoms with Gasteiger partial charge in [0, 0.05) is 24.5 Å². The number of nitrogens with zero attached hydrogens (tertiary/aromatic N) is 3. The second-order valence-electron chi connectivity index (χ2n) is 5.82. The molecule has 2 rings (SSSR count). The van der Waals surface area contributed by atoms with E-state index in [0.29, 0.717) is 31.7 Å². The molecule has 0 aliphatic rings. The molecule has 0 aromatic carbocycles. The van der Waals surface area contributed by atoms with Crippen molar-refractivity contribution in [3.05, 3.63) is 29.3 Å². The zero-order valence-corrected chi connectivity index (χ0v) is 13.7. The van der Waals surface area contributed by atoms with Gasteiger partial charge < -0.3 is 10.4 Å². The summed E-state index contributed by atoms with van der Waals surface area (Å²) in [6.45, 7) is 8.83. The van der Waals surface area contributed by atoms with E-state index >= 15 is 0 Å². The lowest BCUT2D eigenvalue weighted by atomic mass is 9.82. The summed E-state index contributed by atoms with van der Waals surface area (Å²) in [5, 5.41) is 12.7. The van der Waals surface area contributed by atoms with E-state index in [4.69, 9.17) is 0 Å². The van der Waals surface area contributed by atoms with Crippen LogP contribution < -0.4 is 5.32 Å². The first kappa shape index (κ1) is 16.4. The van der Waals surface area contributed by atoms with E-state index in [1.807, 2.05) is 38.2 Å². The number of aryl methyl sites for hydroxylation is 2. The highest BCUT2D eigenvalue weighted by Crippen LogP contribution is 2.25. The number of carboxylic acids is 1. The molecule has 0 spiro atoms. The zero-order chi connectivity index (χ0) is 16.3. The van der Waals surface area contributed by atoms with Crippen molar-refractivity contribution < 1.29 is 9.90 Å². The van der Waals surface area contributed by atoms with E-state index in [-0.39, 0.29) is 0 Å². The number of aliphatic carboxylic acids is 1. The van der Waals surface area contributed by atoms with Crippen molar-refractivity contribution in [2.75, 3.05) is 6.54 Å².